The monoisotopic (exact) mass is 1670 g/mol. The van der Waals surface area contributed by atoms with Crippen LogP contribution in [0.3, 0.4) is 0 Å². The molecule has 0 amide bonds. The molecule has 15 heteroatoms. The third-order valence-corrected chi connectivity index (χ3v) is 28.0. The molecule has 0 atom stereocenters. The average molecular weight is 1670 g/mol. The molecule has 0 radical (unpaired) electrons. The van der Waals surface area contributed by atoms with Crippen molar-refractivity contribution in [2.24, 2.45) is 0 Å². The van der Waals surface area contributed by atoms with Gasteiger partial charge in [-0.2, -0.15) is 0 Å². The molecule has 0 saturated carbocycles. The average Bonchev–Trinajstić information content (AvgIpc) is 1.55. The molecule has 0 aliphatic heterocycles. The number of hydrogen-bond donors (Lipinski definition) is 0. The van der Waals surface area contributed by atoms with E-state index in [1.165, 1.54) is 109 Å². The fourth-order valence-electron chi connectivity index (χ4n) is 19.1. The lowest BCUT2D eigenvalue weighted by atomic mass is 10.00. The largest absolute Gasteiger partial charge is 0.277 e. The lowest BCUT2D eigenvalue weighted by Crippen LogP contribution is -2.04. The van der Waals surface area contributed by atoms with Crippen LogP contribution in [0.5, 0.6) is 0 Å². The predicted octanol–water partition coefficient (Wildman–Crippen LogP) is 29.6. The van der Waals surface area contributed by atoms with E-state index in [4.69, 9.17) is 41.7 Å². The number of pyridine rings is 3. The molecule has 0 unspecified atom stereocenters. The zero-order valence-electron chi connectivity index (χ0n) is 71.7. The lowest BCUT2D eigenvalue weighted by molar-refractivity contribution is 1.01. The molecule has 0 saturated heterocycles. The van der Waals surface area contributed by atoms with Crippen LogP contribution < -0.4 is 0 Å². The van der Waals surface area contributed by atoms with Crippen molar-refractivity contribution < 1.29 is 6.85 Å². The van der Waals surface area contributed by atoms with Crippen molar-refractivity contribution in [1.82, 2.24) is 58.6 Å². The van der Waals surface area contributed by atoms with Gasteiger partial charge in [-0.3, -0.25) is 28.7 Å². The number of fused-ring (bicyclic) bond motifs is 33. The van der Waals surface area contributed by atoms with Gasteiger partial charge in [-0.05, 0) is 100 Å². The van der Waals surface area contributed by atoms with Crippen LogP contribution in [0.4, 0.5) is 0 Å². The fraction of sp³-hybridized carbons (Fsp3) is 0. The van der Waals surface area contributed by atoms with Crippen molar-refractivity contribution in [1.29, 1.82) is 0 Å². The Hall–Kier alpha value is -16.2. The number of hydrogen-bond acceptors (Lipinski definition) is 12. The van der Waals surface area contributed by atoms with Crippen LogP contribution in [0, 0.1) is 0 Å². The van der Waals surface area contributed by atoms with Gasteiger partial charge in [0.05, 0.1) is 56.5 Å². The third kappa shape index (κ3) is 11.0. The maximum absolute atomic E-state index is 8.74. The minimum Gasteiger partial charge on any atom is -0.277 e. The Kier molecular flexibility index (Phi) is 15.2. The zero-order valence-corrected chi connectivity index (χ0v) is 69.1. The van der Waals surface area contributed by atoms with Crippen LogP contribution in [0.1, 0.15) is 6.85 Å². The van der Waals surface area contributed by atoms with Gasteiger partial charge in [0.25, 0.3) is 0 Å². The maximum Gasteiger partial charge on any atom is 0.235 e. The van der Waals surface area contributed by atoms with Gasteiger partial charge in [0.15, 0.2) is 0 Å². The number of benzene rings is 16. The first-order chi connectivity index (χ1) is 64.6. The second kappa shape index (κ2) is 28.7. The van der Waals surface area contributed by atoms with Crippen LogP contribution in [0.15, 0.2) is 389 Å². The Morgan fingerprint density at radius 2 is 0.492 bits per heavy atom. The number of thiophene rings is 3. The summed E-state index contributed by atoms with van der Waals surface area (Å²) in [5.74, 6) is 1.62. The van der Waals surface area contributed by atoms with Gasteiger partial charge >= 0.3 is 0 Å². The highest BCUT2D eigenvalue weighted by Crippen LogP contribution is 2.53. The summed E-state index contributed by atoms with van der Waals surface area (Å²) in [6, 6.07) is 116. The van der Waals surface area contributed by atoms with Gasteiger partial charge in [-0.15, -0.1) is 34.0 Å². The van der Waals surface area contributed by atoms with E-state index in [1.54, 1.807) is 23.6 Å². The van der Waals surface area contributed by atoms with E-state index in [2.05, 4.69) is 274 Å². The fourth-order valence-corrected chi connectivity index (χ4v) is 23.0. The van der Waals surface area contributed by atoms with Gasteiger partial charge in [-0.1, -0.05) is 297 Å². The summed E-state index contributed by atoms with van der Waals surface area (Å²) >= 11 is 5.50. The molecule has 0 aliphatic carbocycles. The Bertz CT molecular complexity index is 9710. The van der Waals surface area contributed by atoms with Crippen LogP contribution in [0.2, 0.25) is 0 Å². The standard InChI is InChI=1S/C41H24N4S.2C35H20N4S/c1-2-11-25(12-3-1)26-20-22-27(23-21-26)37-38-32(17-10-24-42-38)43-41(44-37)45-33-18-8-6-15-30(33)36-39(45)29-14-5-4-13-28(29)35-31-16-7-9-19-34(31)46-40(35)36;2*1-2-11-21(12-3-1)31-32-26(17-10-20-36-32)37-35(38-31)39-27-18-8-6-15-24(27)30-33(39)23-14-5-4-13-22(23)29-25-16-7-9-19-28(25)40-34(29)30/h1-24H;2*1-20H/i;1D,2D,3D,11D,12D;. The molecular formula is C111H64N12S3. The molecule has 0 fully saturated rings. The van der Waals surface area contributed by atoms with Crippen molar-refractivity contribution in [3.05, 3.63) is 389 Å². The quantitative estimate of drug-likeness (QED) is 0.153. The molecule has 12 nitrogen and oxygen atoms in total. The molecule has 0 bridgehead atoms. The molecule has 126 heavy (non-hydrogen) atoms. The van der Waals surface area contributed by atoms with Crippen LogP contribution in [-0.2, 0) is 0 Å². The maximum atomic E-state index is 8.74. The van der Waals surface area contributed by atoms with Gasteiger partial charge < -0.3 is 0 Å². The van der Waals surface area contributed by atoms with E-state index in [9.17, 15) is 0 Å². The molecule has 12 aromatic heterocycles. The summed E-state index contributed by atoms with van der Waals surface area (Å²) in [7, 11) is 0. The summed E-state index contributed by atoms with van der Waals surface area (Å²) in [6.07, 6.45) is 5.22. The highest BCUT2D eigenvalue weighted by atomic mass is 32.1. The molecule has 0 aliphatic rings. The molecule has 12 heterocycles. The highest BCUT2D eigenvalue weighted by Gasteiger charge is 2.29. The van der Waals surface area contributed by atoms with Crippen molar-refractivity contribution in [3.8, 4) is 62.7 Å². The van der Waals surface area contributed by atoms with E-state index < -0.39 is 18.1 Å². The number of rotatable bonds is 7. The molecule has 586 valence electrons. The Morgan fingerprint density at radius 1 is 0.214 bits per heavy atom. The topological polar surface area (TPSA) is 131 Å². The summed E-state index contributed by atoms with van der Waals surface area (Å²) in [5.41, 5.74) is 16.6. The summed E-state index contributed by atoms with van der Waals surface area (Å²) < 4.78 is 56.4. The van der Waals surface area contributed by atoms with E-state index >= 15 is 0 Å². The zero-order chi connectivity index (χ0) is 87.0. The van der Waals surface area contributed by atoms with Crippen molar-refractivity contribution >= 4 is 225 Å². The van der Waals surface area contributed by atoms with Crippen molar-refractivity contribution in [2.45, 2.75) is 0 Å². The Morgan fingerprint density at radius 3 is 0.857 bits per heavy atom. The van der Waals surface area contributed by atoms with Crippen LogP contribution in [-0.4, -0.2) is 58.6 Å². The first-order valence-electron chi connectivity index (χ1n) is 44.1. The van der Waals surface area contributed by atoms with Crippen LogP contribution >= 0.6 is 34.0 Å². The van der Waals surface area contributed by atoms with Gasteiger partial charge in [-0.25, -0.2) is 29.9 Å². The smallest absolute Gasteiger partial charge is 0.235 e. The molecule has 0 spiro atoms. The Labute approximate surface area is 736 Å². The highest BCUT2D eigenvalue weighted by molar-refractivity contribution is 7.28. The predicted molar refractivity (Wildman–Crippen MR) is 528 cm³/mol. The summed E-state index contributed by atoms with van der Waals surface area (Å²) in [5, 5.41) is 21.7. The SMILES string of the molecule is [2H]c1c([2H])c([2H])c(-c2nc(-n3c4ccccc4c4c5sc6ccccc6c5c5ccccc5c43)nc3cccnc23)c([2H])c1[2H].c1ccc(-c2ccc(-c3nc(-n4c5ccccc5c5c6sc7ccccc7c6c6ccccc6c54)nc4cccnc34)cc2)cc1.c1ccc(-c2nc(-n3c4ccccc4c4c5sc6ccccc6c5c5ccccc5c43)nc3cccnc23)cc1. The first-order valence-corrected chi connectivity index (χ1v) is 44.0. The molecule has 28 rings (SSSR count). The van der Waals surface area contributed by atoms with E-state index in [-0.39, 0.29) is 23.3 Å². The van der Waals surface area contributed by atoms with Crippen LogP contribution in [0.25, 0.3) is 254 Å². The van der Waals surface area contributed by atoms with Crippen molar-refractivity contribution in [2.75, 3.05) is 0 Å². The summed E-state index contributed by atoms with van der Waals surface area (Å²) in [6.45, 7) is 0. The minimum atomic E-state index is -0.457. The van der Waals surface area contributed by atoms with E-state index in [0.717, 1.165) is 105 Å². The number of aromatic nitrogens is 12. The number of para-hydroxylation sites is 3. The molecule has 28 aromatic rings. The first kappa shape index (κ1) is 66.5. The molecule has 16 aromatic carbocycles. The van der Waals surface area contributed by atoms with Gasteiger partial charge in [0.1, 0.15) is 33.6 Å². The van der Waals surface area contributed by atoms with Crippen molar-refractivity contribution in [3.63, 3.8) is 0 Å². The second-order valence-corrected chi connectivity index (χ2v) is 34.5. The van der Waals surface area contributed by atoms with E-state index in [1.807, 2.05) is 118 Å². The number of nitrogens with zero attached hydrogens (tertiary/aromatic N) is 12. The van der Waals surface area contributed by atoms with E-state index in [0.29, 0.717) is 28.9 Å². The Balaban J connectivity index is 0.000000103. The normalized spacial score (nSPS) is 12.5. The lowest BCUT2D eigenvalue weighted by Gasteiger charge is -2.13. The third-order valence-electron chi connectivity index (χ3n) is 24.4. The minimum absolute atomic E-state index is 0.00845. The van der Waals surface area contributed by atoms with Gasteiger partial charge in [0.2, 0.25) is 17.8 Å². The molecular weight excluding hydrogens is 1600 g/mol. The second-order valence-electron chi connectivity index (χ2n) is 31.3. The molecule has 0 N–H and O–H groups in total. The van der Waals surface area contributed by atoms with Gasteiger partial charge in [0, 0.05) is 144 Å². The summed E-state index contributed by atoms with van der Waals surface area (Å²) in [4.78, 5) is 44.9.